The maximum Gasteiger partial charge on any atom is 0.152 e. The molecule has 3 aromatic rings. The van der Waals surface area contributed by atoms with Crippen molar-refractivity contribution in [3.63, 3.8) is 0 Å². The molecule has 26 heavy (non-hydrogen) atoms. The maximum absolute atomic E-state index is 4.53. The van der Waals surface area contributed by atoms with E-state index in [0.717, 1.165) is 31.2 Å². The van der Waals surface area contributed by atoms with Gasteiger partial charge in [-0.15, -0.1) is 10.2 Å². The van der Waals surface area contributed by atoms with E-state index in [1.54, 1.807) is 6.20 Å². The molecule has 1 fully saturated rings. The first-order valence-corrected chi connectivity index (χ1v) is 9.40. The molecule has 6 nitrogen and oxygen atoms in total. The van der Waals surface area contributed by atoms with E-state index < -0.39 is 0 Å². The minimum atomic E-state index is 0.466. The first-order valence-electron chi connectivity index (χ1n) is 9.40. The van der Waals surface area contributed by atoms with Gasteiger partial charge in [0.05, 0.1) is 12.9 Å². The van der Waals surface area contributed by atoms with Gasteiger partial charge in [-0.05, 0) is 31.4 Å². The molecule has 4 rings (SSSR count). The molecule has 0 N–H and O–H groups in total. The van der Waals surface area contributed by atoms with Crippen molar-refractivity contribution in [2.75, 3.05) is 19.6 Å². The van der Waals surface area contributed by atoms with Crippen molar-refractivity contribution < 1.29 is 0 Å². The Hall–Kier alpha value is -2.47. The Balaban J connectivity index is 1.39. The van der Waals surface area contributed by atoms with Crippen LogP contribution in [0.1, 0.15) is 36.0 Å². The lowest BCUT2D eigenvalue weighted by Crippen LogP contribution is -2.36. The van der Waals surface area contributed by atoms with Crippen molar-refractivity contribution in [1.82, 2.24) is 29.2 Å². The largest absolute Gasteiger partial charge is 0.330 e. The molecule has 1 aromatic carbocycles. The van der Waals surface area contributed by atoms with Crippen LogP contribution in [-0.4, -0.2) is 48.8 Å². The lowest BCUT2D eigenvalue weighted by molar-refractivity contribution is 0.204. The molecule has 0 aliphatic carbocycles. The van der Waals surface area contributed by atoms with Crippen LogP contribution in [0.3, 0.4) is 0 Å². The molecule has 0 saturated carbocycles. The van der Waals surface area contributed by atoms with Gasteiger partial charge in [0.15, 0.2) is 5.82 Å². The number of imidazole rings is 1. The Morgan fingerprint density at radius 3 is 2.85 bits per heavy atom. The van der Waals surface area contributed by atoms with Crippen LogP contribution in [0.5, 0.6) is 0 Å². The number of piperidine rings is 1. The summed E-state index contributed by atoms with van der Waals surface area (Å²) in [6.45, 7) is 4.08. The van der Waals surface area contributed by atoms with Crippen LogP contribution < -0.4 is 0 Å². The molecule has 1 atom stereocenters. The van der Waals surface area contributed by atoms with E-state index in [9.17, 15) is 0 Å². The highest BCUT2D eigenvalue weighted by Crippen LogP contribution is 2.26. The normalized spacial score (nSPS) is 18.3. The first kappa shape index (κ1) is 17.0. The molecule has 3 heterocycles. The van der Waals surface area contributed by atoms with E-state index >= 15 is 0 Å². The van der Waals surface area contributed by atoms with E-state index in [1.807, 2.05) is 17.1 Å². The average Bonchev–Trinajstić information content (AvgIpc) is 3.32. The summed E-state index contributed by atoms with van der Waals surface area (Å²) >= 11 is 0. The van der Waals surface area contributed by atoms with Crippen molar-refractivity contribution in [2.24, 2.45) is 7.05 Å². The van der Waals surface area contributed by atoms with Crippen molar-refractivity contribution in [3.8, 4) is 0 Å². The summed E-state index contributed by atoms with van der Waals surface area (Å²) < 4.78 is 4.20. The van der Waals surface area contributed by atoms with Gasteiger partial charge >= 0.3 is 0 Å². The van der Waals surface area contributed by atoms with Gasteiger partial charge in [-0.1, -0.05) is 30.3 Å². The van der Waals surface area contributed by atoms with E-state index in [2.05, 4.69) is 62.0 Å². The fourth-order valence-electron chi connectivity index (χ4n) is 3.81. The summed E-state index contributed by atoms with van der Waals surface area (Å²) in [5, 5.41) is 8.96. The van der Waals surface area contributed by atoms with E-state index in [0.29, 0.717) is 12.5 Å². The molecule has 0 bridgehead atoms. The highest BCUT2D eigenvalue weighted by atomic mass is 15.3. The van der Waals surface area contributed by atoms with E-state index in [4.69, 9.17) is 0 Å². The van der Waals surface area contributed by atoms with Gasteiger partial charge in [0.2, 0.25) is 0 Å². The number of nitrogens with zero attached hydrogens (tertiary/aromatic N) is 6. The second-order valence-corrected chi connectivity index (χ2v) is 7.14. The number of aromatic nitrogens is 5. The van der Waals surface area contributed by atoms with Crippen molar-refractivity contribution in [1.29, 1.82) is 0 Å². The van der Waals surface area contributed by atoms with E-state index in [-0.39, 0.29) is 0 Å². The van der Waals surface area contributed by atoms with Gasteiger partial charge in [0, 0.05) is 38.4 Å². The molecule has 0 radical (unpaired) electrons. The molecule has 136 valence electrons. The predicted molar refractivity (Wildman–Crippen MR) is 101 cm³/mol. The van der Waals surface area contributed by atoms with Crippen molar-refractivity contribution >= 4 is 0 Å². The Bertz CT molecular complexity index is 808. The van der Waals surface area contributed by atoms with Crippen LogP contribution in [0, 0.1) is 0 Å². The lowest BCUT2D eigenvalue weighted by Gasteiger charge is -2.32. The van der Waals surface area contributed by atoms with Crippen molar-refractivity contribution in [2.45, 2.75) is 31.7 Å². The average molecular weight is 350 g/mol. The predicted octanol–water partition coefficient (Wildman–Crippen LogP) is 2.48. The molecular formula is C20H26N6. The van der Waals surface area contributed by atoms with Gasteiger partial charge < -0.3 is 14.0 Å². The second-order valence-electron chi connectivity index (χ2n) is 7.14. The fraction of sp³-hybridized carbons (Fsp3) is 0.450. The van der Waals surface area contributed by atoms with Crippen LogP contribution in [-0.2, 0) is 20.0 Å². The van der Waals surface area contributed by atoms with Crippen LogP contribution in [0.4, 0.5) is 0 Å². The van der Waals surface area contributed by atoms with Gasteiger partial charge in [0.25, 0.3) is 0 Å². The fourth-order valence-corrected chi connectivity index (χ4v) is 3.81. The van der Waals surface area contributed by atoms with Crippen LogP contribution in [0.25, 0.3) is 0 Å². The van der Waals surface area contributed by atoms with Gasteiger partial charge in [-0.25, -0.2) is 4.98 Å². The van der Waals surface area contributed by atoms with Crippen LogP contribution in [0.2, 0.25) is 0 Å². The lowest BCUT2D eigenvalue weighted by atomic mass is 9.96. The zero-order chi connectivity index (χ0) is 17.8. The molecule has 2 aromatic heterocycles. The number of hydrogen-bond donors (Lipinski definition) is 0. The summed E-state index contributed by atoms with van der Waals surface area (Å²) in [5.74, 6) is 2.57. The molecule has 0 amide bonds. The Morgan fingerprint density at radius 2 is 2.04 bits per heavy atom. The quantitative estimate of drug-likeness (QED) is 0.685. The third-order valence-corrected chi connectivity index (χ3v) is 5.31. The zero-order valence-electron chi connectivity index (χ0n) is 15.3. The minimum Gasteiger partial charge on any atom is -0.330 e. The topological polar surface area (TPSA) is 51.8 Å². The second kappa shape index (κ2) is 7.83. The number of hydrogen-bond acceptors (Lipinski definition) is 4. The zero-order valence-corrected chi connectivity index (χ0v) is 15.3. The SMILES string of the molecule is Cn1c(Cn2ccnc2)nnc1C1CCCN(CCc2ccccc2)C1. The number of likely N-dealkylation sites (tertiary alicyclic amines) is 1. The van der Waals surface area contributed by atoms with Gasteiger partial charge in [-0.2, -0.15) is 0 Å². The van der Waals surface area contributed by atoms with Crippen molar-refractivity contribution in [3.05, 3.63) is 66.3 Å². The van der Waals surface area contributed by atoms with Gasteiger partial charge in [-0.3, -0.25) is 0 Å². The molecule has 0 spiro atoms. The molecule has 1 aliphatic rings. The molecular weight excluding hydrogens is 324 g/mol. The van der Waals surface area contributed by atoms with Gasteiger partial charge in [0.1, 0.15) is 5.82 Å². The third kappa shape index (κ3) is 3.85. The summed E-state index contributed by atoms with van der Waals surface area (Å²) in [6.07, 6.45) is 9.10. The monoisotopic (exact) mass is 350 g/mol. The standard InChI is InChI=1S/C20H26N6/c1-24-19(15-26-13-10-21-16-26)22-23-20(24)18-8-5-11-25(14-18)12-9-17-6-3-2-4-7-17/h2-4,6-7,10,13,16,18H,5,8-9,11-12,14-15H2,1H3. The van der Waals surface area contributed by atoms with E-state index in [1.165, 1.54) is 24.9 Å². The van der Waals surface area contributed by atoms with Crippen LogP contribution in [0.15, 0.2) is 49.1 Å². The molecule has 1 saturated heterocycles. The highest BCUT2D eigenvalue weighted by molar-refractivity contribution is 5.15. The summed E-state index contributed by atoms with van der Waals surface area (Å²) in [6, 6.07) is 10.8. The Kier molecular flexibility index (Phi) is 5.11. The highest BCUT2D eigenvalue weighted by Gasteiger charge is 2.25. The molecule has 1 unspecified atom stereocenters. The first-order chi connectivity index (χ1) is 12.8. The summed E-state index contributed by atoms with van der Waals surface area (Å²) in [7, 11) is 2.09. The Morgan fingerprint density at radius 1 is 1.15 bits per heavy atom. The molecule has 6 heteroatoms. The summed E-state index contributed by atoms with van der Waals surface area (Å²) in [5.41, 5.74) is 1.41. The number of benzene rings is 1. The third-order valence-electron chi connectivity index (χ3n) is 5.31. The summed E-state index contributed by atoms with van der Waals surface area (Å²) in [4.78, 5) is 6.67. The van der Waals surface area contributed by atoms with Crippen LogP contribution >= 0.6 is 0 Å². The smallest absolute Gasteiger partial charge is 0.152 e. The number of rotatable bonds is 6. The maximum atomic E-state index is 4.53. The minimum absolute atomic E-state index is 0.466. The molecule has 1 aliphatic heterocycles. The Labute approximate surface area is 154 Å².